The number of carbonyl (C=O) groups is 1. The van der Waals surface area contributed by atoms with Crippen molar-refractivity contribution in [3.05, 3.63) is 53.9 Å². The number of piperidine rings is 1. The molecule has 0 bridgehead atoms. The van der Waals surface area contributed by atoms with Gasteiger partial charge < -0.3 is 5.32 Å². The summed E-state index contributed by atoms with van der Waals surface area (Å²) in [7, 11) is 2.01. The van der Waals surface area contributed by atoms with E-state index in [2.05, 4.69) is 33.5 Å². The van der Waals surface area contributed by atoms with Gasteiger partial charge in [-0.3, -0.25) is 14.4 Å². The summed E-state index contributed by atoms with van der Waals surface area (Å²) in [4.78, 5) is 15.2. The van der Waals surface area contributed by atoms with E-state index in [-0.39, 0.29) is 11.9 Å². The summed E-state index contributed by atoms with van der Waals surface area (Å²) in [6.45, 7) is 1.88. The number of aromatic nitrogens is 2. The van der Waals surface area contributed by atoms with Crippen LogP contribution >= 0.6 is 0 Å². The lowest BCUT2D eigenvalue weighted by Gasteiger charge is -2.37. The average molecular weight is 338 g/mol. The number of rotatable bonds is 5. The second kappa shape index (κ2) is 7.00. The van der Waals surface area contributed by atoms with Gasteiger partial charge in [0.05, 0.1) is 0 Å². The normalized spacial score (nSPS) is 20.4. The Morgan fingerprint density at radius 2 is 1.84 bits per heavy atom. The van der Waals surface area contributed by atoms with Crippen LogP contribution in [0.1, 0.15) is 48.9 Å². The number of hydrogen-bond acceptors (Lipinski definition) is 3. The summed E-state index contributed by atoms with van der Waals surface area (Å²) in [5.41, 5.74) is 2.40. The van der Waals surface area contributed by atoms with Crippen LogP contribution in [0.3, 0.4) is 0 Å². The van der Waals surface area contributed by atoms with Gasteiger partial charge in [0.2, 0.25) is 5.91 Å². The molecule has 1 aromatic heterocycles. The third-order valence-corrected chi connectivity index (χ3v) is 5.46. The van der Waals surface area contributed by atoms with Gasteiger partial charge in [0.25, 0.3) is 0 Å². The molecule has 1 aliphatic heterocycles. The van der Waals surface area contributed by atoms with E-state index >= 15 is 0 Å². The summed E-state index contributed by atoms with van der Waals surface area (Å²) >= 11 is 0. The van der Waals surface area contributed by atoms with Gasteiger partial charge in [-0.15, -0.1) is 0 Å². The number of aryl methyl sites for hydroxylation is 1. The van der Waals surface area contributed by atoms with E-state index in [1.807, 2.05) is 36.1 Å². The monoisotopic (exact) mass is 338 g/mol. The number of amides is 1. The predicted molar refractivity (Wildman–Crippen MR) is 97.1 cm³/mol. The molecule has 4 rings (SSSR count). The second-order valence-corrected chi connectivity index (χ2v) is 7.29. The lowest BCUT2D eigenvalue weighted by Crippen LogP contribution is -2.44. The lowest BCUT2D eigenvalue weighted by molar-refractivity contribution is -0.127. The quantitative estimate of drug-likeness (QED) is 0.912. The molecule has 5 nitrogen and oxygen atoms in total. The van der Waals surface area contributed by atoms with Gasteiger partial charge >= 0.3 is 0 Å². The standard InChI is InChI=1S/C20H26N4O/c1-23-18(9-12-21-23)15-10-13-24(14-11-15)19(16-5-3-2-4-6-16)20(25)22-17-7-8-17/h2-6,9,12,15,17,19H,7-8,10-11,13-14H2,1H3,(H,22,25)/t19-/m0/s1. The van der Waals surface area contributed by atoms with E-state index in [9.17, 15) is 4.79 Å². The smallest absolute Gasteiger partial charge is 0.242 e. The highest BCUT2D eigenvalue weighted by atomic mass is 16.2. The topological polar surface area (TPSA) is 50.2 Å². The molecule has 1 saturated heterocycles. The zero-order valence-electron chi connectivity index (χ0n) is 14.8. The molecule has 1 aliphatic carbocycles. The lowest BCUT2D eigenvalue weighted by atomic mass is 9.91. The summed E-state index contributed by atoms with van der Waals surface area (Å²) in [6.07, 6.45) is 6.25. The van der Waals surface area contributed by atoms with Crippen LogP contribution in [0.5, 0.6) is 0 Å². The van der Waals surface area contributed by atoms with Gasteiger partial charge in [-0.1, -0.05) is 30.3 Å². The molecule has 2 heterocycles. The molecule has 1 N–H and O–H groups in total. The van der Waals surface area contributed by atoms with Gasteiger partial charge in [0.15, 0.2) is 0 Å². The molecular formula is C20H26N4O. The maximum absolute atomic E-state index is 12.9. The van der Waals surface area contributed by atoms with Crippen molar-refractivity contribution in [1.29, 1.82) is 0 Å². The molecule has 2 aliphatic rings. The third-order valence-electron chi connectivity index (χ3n) is 5.46. The first-order valence-corrected chi connectivity index (χ1v) is 9.29. The minimum Gasteiger partial charge on any atom is -0.352 e. The van der Waals surface area contributed by atoms with Crippen molar-refractivity contribution in [3.8, 4) is 0 Å². The van der Waals surface area contributed by atoms with Crippen molar-refractivity contribution in [3.63, 3.8) is 0 Å². The van der Waals surface area contributed by atoms with Crippen LogP contribution in [0.2, 0.25) is 0 Å². The summed E-state index contributed by atoms with van der Waals surface area (Å²) < 4.78 is 1.98. The van der Waals surface area contributed by atoms with E-state index in [4.69, 9.17) is 0 Å². The Hall–Kier alpha value is -2.14. The fourth-order valence-electron chi connectivity index (χ4n) is 3.91. The molecule has 1 atom stereocenters. The van der Waals surface area contributed by atoms with Crippen LogP contribution in [0.4, 0.5) is 0 Å². The Morgan fingerprint density at radius 3 is 2.44 bits per heavy atom. The van der Waals surface area contributed by atoms with Gasteiger partial charge in [-0.25, -0.2) is 0 Å². The number of benzene rings is 1. The van der Waals surface area contributed by atoms with Crippen LogP contribution < -0.4 is 5.32 Å². The van der Waals surface area contributed by atoms with Crippen LogP contribution in [-0.2, 0) is 11.8 Å². The zero-order chi connectivity index (χ0) is 17.2. The van der Waals surface area contributed by atoms with Gasteiger partial charge in [-0.05, 0) is 50.4 Å². The SMILES string of the molecule is Cn1nccc1C1CCN([C@H](C(=O)NC2CC2)c2ccccc2)CC1. The Labute approximate surface area is 149 Å². The van der Waals surface area contributed by atoms with Crippen molar-refractivity contribution < 1.29 is 4.79 Å². The fourth-order valence-corrected chi connectivity index (χ4v) is 3.91. The number of hydrogen-bond donors (Lipinski definition) is 1. The minimum atomic E-state index is -0.172. The summed E-state index contributed by atoms with van der Waals surface area (Å²) in [5.74, 6) is 0.694. The molecule has 1 amide bonds. The number of nitrogens with zero attached hydrogens (tertiary/aromatic N) is 3. The first kappa shape index (κ1) is 16.3. The van der Waals surface area contributed by atoms with Crippen molar-refractivity contribution >= 4 is 5.91 Å². The molecule has 1 saturated carbocycles. The number of carbonyl (C=O) groups excluding carboxylic acids is 1. The first-order valence-electron chi connectivity index (χ1n) is 9.29. The molecule has 0 radical (unpaired) electrons. The largest absolute Gasteiger partial charge is 0.352 e. The number of likely N-dealkylation sites (tertiary alicyclic amines) is 1. The molecule has 5 heteroatoms. The first-order chi connectivity index (χ1) is 12.2. The van der Waals surface area contributed by atoms with Crippen LogP contribution in [-0.4, -0.2) is 39.7 Å². The van der Waals surface area contributed by atoms with Crippen molar-refractivity contribution in [1.82, 2.24) is 20.0 Å². The second-order valence-electron chi connectivity index (χ2n) is 7.29. The molecule has 1 aromatic carbocycles. The molecule has 0 unspecified atom stereocenters. The average Bonchev–Trinajstić information content (AvgIpc) is 3.34. The molecule has 25 heavy (non-hydrogen) atoms. The Morgan fingerprint density at radius 1 is 1.12 bits per heavy atom. The van der Waals surface area contributed by atoms with Crippen molar-refractivity contribution in [2.24, 2.45) is 7.05 Å². The molecule has 2 fully saturated rings. The maximum atomic E-state index is 12.9. The molecule has 0 spiro atoms. The predicted octanol–water partition coefficient (Wildman–Crippen LogP) is 2.62. The van der Waals surface area contributed by atoms with E-state index in [0.717, 1.165) is 44.3 Å². The van der Waals surface area contributed by atoms with Crippen LogP contribution in [0.25, 0.3) is 0 Å². The van der Waals surface area contributed by atoms with E-state index in [1.54, 1.807) is 0 Å². The molecular weight excluding hydrogens is 312 g/mol. The molecule has 132 valence electrons. The minimum absolute atomic E-state index is 0.160. The fraction of sp³-hybridized carbons (Fsp3) is 0.500. The highest BCUT2D eigenvalue weighted by Crippen LogP contribution is 2.32. The summed E-state index contributed by atoms with van der Waals surface area (Å²) in [5, 5.41) is 7.50. The highest BCUT2D eigenvalue weighted by Gasteiger charge is 2.34. The Kier molecular flexibility index (Phi) is 4.57. The zero-order valence-corrected chi connectivity index (χ0v) is 14.8. The van der Waals surface area contributed by atoms with Gasteiger partial charge in [0.1, 0.15) is 6.04 Å². The van der Waals surface area contributed by atoms with Crippen molar-refractivity contribution in [2.45, 2.75) is 43.7 Å². The van der Waals surface area contributed by atoms with Gasteiger partial charge in [-0.2, -0.15) is 5.10 Å². The van der Waals surface area contributed by atoms with E-state index < -0.39 is 0 Å². The van der Waals surface area contributed by atoms with E-state index in [0.29, 0.717) is 12.0 Å². The van der Waals surface area contributed by atoms with Crippen molar-refractivity contribution in [2.75, 3.05) is 13.1 Å². The summed E-state index contributed by atoms with van der Waals surface area (Å²) in [6, 6.07) is 12.5. The van der Waals surface area contributed by atoms with E-state index in [1.165, 1.54) is 5.69 Å². The van der Waals surface area contributed by atoms with Crippen LogP contribution in [0, 0.1) is 0 Å². The third kappa shape index (κ3) is 3.61. The van der Waals surface area contributed by atoms with Gasteiger partial charge in [0, 0.05) is 30.9 Å². The maximum Gasteiger partial charge on any atom is 0.242 e. The molecule has 2 aromatic rings. The Balaban J connectivity index is 1.48. The highest BCUT2D eigenvalue weighted by molar-refractivity contribution is 5.83. The number of nitrogens with one attached hydrogen (secondary N) is 1. The van der Waals surface area contributed by atoms with Crippen LogP contribution in [0.15, 0.2) is 42.6 Å². The Bertz CT molecular complexity index is 714.